The Kier molecular flexibility index (Phi) is 2.71. The molecular weight excluding hydrogens is 216 g/mol. The second kappa shape index (κ2) is 3.84. The molecule has 0 aromatic heterocycles. The van der Waals surface area contributed by atoms with Crippen LogP contribution < -0.4 is 11.1 Å². The van der Waals surface area contributed by atoms with Gasteiger partial charge in [0.15, 0.2) is 0 Å². The largest absolute Gasteiger partial charge is 0.324 e. The van der Waals surface area contributed by atoms with E-state index in [4.69, 9.17) is 5.73 Å². The fourth-order valence-corrected chi connectivity index (χ4v) is 2.23. The van der Waals surface area contributed by atoms with E-state index in [-0.39, 0.29) is 11.3 Å². The van der Waals surface area contributed by atoms with Gasteiger partial charge in [0.2, 0.25) is 5.91 Å². The molecule has 2 rings (SSSR count). The number of anilines is 1. The number of nitrogens with one attached hydrogen (secondary N) is 1. The Morgan fingerprint density at radius 3 is 3.07 bits per heavy atom. The maximum Gasteiger partial charge on any atom is 0.234 e. The third kappa shape index (κ3) is 1.89. The molecule has 0 fully saturated rings. The van der Waals surface area contributed by atoms with Crippen LogP contribution in [0.15, 0.2) is 23.1 Å². The van der Waals surface area contributed by atoms with E-state index in [1.165, 1.54) is 11.8 Å². The highest BCUT2D eigenvalue weighted by Gasteiger charge is 2.15. The summed E-state index contributed by atoms with van der Waals surface area (Å²) in [6, 6.07) is 5.77. The number of carbonyl (C=O) groups is 1. The second-order valence-corrected chi connectivity index (χ2v) is 4.61. The zero-order valence-corrected chi connectivity index (χ0v) is 9.07. The minimum Gasteiger partial charge on any atom is -0.324 e. The van der Waals surface area contributed by atoms with Gasteiger partial charge < -0.3 is 11.1 Å². The summed E-state index contributed by atoms with van der Waals surface area (Å²) in [5.41, 5.74) is 7.38. The molecule has 0 bridgehead atoms. The van der Waals surface area contributed by atoms with Crippen molar-refractivity contribution in [1.82, 2.24) is 0 Å². The summed E-state index contributed by atoms with van der Waals surface area (Å²) in [6.45, 7) is 0. The van der Waals surface area contributed by atoms with Gasteiger partial charge in [0.25, 0.3) is 0 Å². The number of nitrogens with two attached hydrogens (primary N) is 1. The molecular formula is C9H10N2OS2. The third-order valence-electron chi connectivity index (χ3n) is 1.98. The van der Waals surface area contributed by atoms with Crippen molar-refractivity contribution in [1.29, 1.82) is 0 Å². The number of thiol groups is 1. The predicted octanol–water partition coefficient (Wildman–Crippen LogP) is 1.62. The van der Waals surface area contributed by atoms with Gasteiger partial charge in [0, 0.05) is 4.90 Å². The first-order valence-electron chi connectivity index (χ1n) is 4.17. The number of carbonyl (C=O) groups excluding carboxylic acids is 1. The number of amides is 1. The van der Waals surface area contributed by atoms with Crippen molar-refractivity contribution in [3.8, 4) is 0 Å². The monoisotopic (exact) mass is 226 g/mol. The molecule has 1 unspecified atom stereocenters. The molecule has 1 heterocycles. The summed E-state index contributed by atoms with van der Waals surface area (Å²) in [6.07, 6.45) is 0. The number of hydrogen-bond donors (Lipinski definition) is 3. The van der Waals surface area contributed by atoms with Crippen LogP contribution in [0.5, 0.6) is 0 Å². The molecule has 1 aliphatic rings. The zero-order valence-electron chi connectivity index (χ0n) is 7.36. The van der Waals surface area contributed by atoms with Crippen LogP contribution in [0.1, 0.15) is 10.9 Å². The summed E-state index contributed by atoms with van der Waals surface area (Å²) in [5, 5.41) is 2.50. The van der Waals surface area contributed by atoms with Gasteiger partial charge in [0.05, 0.1) is 16.8 Å². The Balaban J connectivity index is 2.37. The van der Waals surface area contributed by atoms with Gasteiger partial charge in [-0.05, 0) is 17.7 Å². The van der Waals surface area contributed by atoms with E-state index >= 15 is 0 Å². The highest BCUT2D eigenvalue weighted by atomic mass is 32.2. The normalized spacial score (nSPS) is 17.1. The molecule has 74 valence electrons. The van der Waals surface area contributed by atoms with Crippen molar-refractivity contribution in [2.75, 3.05) is 11.1 Å². The van der Waals surface area contributed by atoms with Crippen LogP contribution in [0.3, 0.4) is 0 Å². The summed E-state index contributed by atoms with van der Waals surface area (Å²) in [7, 11) is 0. The van der Waals surface area contributed by atoms with Crippen LogP contribution in [-0.4, -0.2) is 11.7 Å². The molecule has 1 aromatic carbocycles. The van der Waals surface area contributed by atoms with Crippen molar-refractivity contribution in [3.63, 3.8) is 0 Å². The number of benzene rings is 1. The van der Waals surface area contributed by atoms with E-state index in [1.54, 1.807) is 0 Å². The molecule has 5 heteroatoms. The average Bonchev–Trinajstić information content (AvgIpc) is 2.16. The maximum absolute atomic E-state index is 11.1. The van der Waals surface area contributed by atoms with E-state index in [0.717, 1.165) is 16.1 Å². The van der Waals surface area contributed by atoms with Crippen molar-refractivity contribution < 1.29 is 4.79 Å². The van der Waals surface area contributed by atoms with Crippen LogP contribution in [0.25, 0.3) is 0 Å². The summed E-state index contributed by atoms with van der Waals surface area (Å²) >= 11 is 5.68. The Morgan fingerprint density at radius 1 is 1.57 bits per heavy atom. The predicted molar refractivity (Wildman–Crippen MR) is 61.7 cm³/mol. The molecule has 0 spiro atoms. The molecule has 1 atom stereocenters. The van der Waals surface area contributed by atoms with E-state index in [9.17, 15) is 4.79 Å². The fraction of sp³-hybridized carbons (Fsp3) is 0.222. The molecule has 0 aliphatic carbocycles. The first kappa shape index (κ1) is 9.89. The van der Waals surface area contributed by atoms with Gasteiger partial charge in [-0.25, -0.2) is 0 Å². The van der Waals surface area contributed by atoms with Gasteiger partial charge in [-0.3, -0.25) is 4.79 Å². The number of thioether (sulfide) groups is 1. The van der Waals surface area contributed by atoms with Crippen molar-refractivity contribution >= 4 is 36.0 Å². The lowest BCUT2D eigenvalue weighted by Crippen LogP contribution is -2.19. The Hall–Kier alpha value is -0.650. The van der Waals surface area contributed by atoms with Crippen LogP contribution >= 0.6 is 24.4 Å². The lowest BCUT2D eigenvalue weighted by atomic mass is 10.2. The average molecular weight is 226 g/mol. The highest BCUT2D eigenvalue weighted by molar-refractivity contribution is 8.00. The van der Waals surface area contributed by atoms with Gasteiger partial charge in [-0.1, -0.05) is 6.07 Å². The number of rotatable bonds is 1. The second-order valence-electron chi connectivity index (χ2n) is 3.04. The van der Waals surface area contributed by atoms with Gasteiger partial charge in [-0.2, -0.15) is 12.6 Å². The van der Waals surface area contributed by atoms with E-state index in [2.05, 4.69) is 17.9 Å². The Morgan fingerprint density at radius 2 is 2.36 bits per heavy atom. The fourth-order valence-electron chi connectivity index (χ4n) is 1.28. The SMILES string of the molecule is NC(S)c1ccc2c(c1)NC(=O)CS2. The zero-order chi connectivity index (χ0) is 10.1. The van der Waals surface area contributed by atoms with Crippen molar-refractivity contribution in [2.45, 2.75) is 10.3 Å². The highest BCUT2D eigenvalue weighted by Crippen LogP contribution is 2.33. The first-order chi connectivity index (χ1) is 6.66. The molecule has 3 N–H and O–H groups in total. The van der Waals surface area contributed by atoms with Crippen LogP contribution in [0, 0.1) is 0 Å². The molecule has 3 nitrogen and oxygen atoms in total. The molecule has 1 aliphatic heterocycles. The minimum atomic E-state index is -0.302. The molecule has 0 saturated heterocycles. The quantitative estimate of drug-likeness (QED) is 0.504. The number of fused-ring (bicyclic) bond motifs is 1. The minimum absolute atomic E-state index is 0.0346. The molecule has 0 saturated carbocycles. The van der Waals surface area contributed by atoms with Crippen molar-refractivity contribution in [2.24, 2.45) is 5.73 Å². The molecule has 0 radical (unpaired) electrons. The van der Waals surface area contributed by atoms with Gasteiger partial charge in [-0.15, -0.1) is 11.8 Å². The van der Waals surface area contributed by atoms with E-state index < -0.39 is 0 Å². The standard InChI is InChI=1S/C9H10N2OS2/c10-9(13)5-1-2-7-6(3-5)11-8(12)4-14-7/h1-3,9,13H,4,10H2,(H,11,12). The topological polar surface area (TPSA) is 55.1 Å². The first-order valence-corrected chi connectivity index (χ1v) is 5.67. The van der Waals surface area contributed by atoms with E-state index in [1.807, 2.05) is 18.2 Å². The van der Waals surface area contributed by atoms with Gasteiger partial charge >= 0.3 is 0 Å². The lowest BCUT2D eigenvalue weighted by Gasteiger charge is -2.17. The summed E-state index contributed by atoms with van der Waals surface area (Å²) < 4.78 is 0. The molecule has 1 amide bonds. The Labute approximate surface area is 91.8 Å². The Bertz CT molecular complexity index is 379. The van der Waals surface area contributed by atoms with E-state index in [0.29, 0.717) is 5.75 Å². The smallest absolute Gasteiger partial charge is 0.234 e. The lowest BCUT2D eigenvalue weighted by molar-refractivity contribution is -0.113. The number of hydrogen-bond acceptors (Lipinski definition) is 4. The third-order valence-corrected chi connectivity index (χ3v) is 3.35. The van der Waals surface area contributed by atoms with Crippen LogP contribution in [0.2, 0.25) is 0 Å². The molecule has 14 heavy (non-hydrogen) atoms. The molecule has 1 aromatic rings. The van der Waals surface area contributed by atoms with Gasteiger partial charge in [0.1, 0.15) is 0 Å². The van der Waals surface area contributed by atoms with Crippen molar-refractivity contribution in [3.05, 3.63) is 23.8 Å². The summed E-state index contributed by atoms with van der Waals surface area (Å²) in [4.78, 5) is 12.2. The van der Waals surface area contributed by atoms with Crippen LogP contribution in [0.4, 0.5) is 5.69 Å². The summed E-state index contributed by atoms with van der Waals surface area (Å²) in [5.74, 6) is 0.520. The van der Waals surface area contributed by atoms with Crippen LogP contribution in [-0.2, 0) is 4.79 Å². The maximum atomic E-state index is 11.1.